The largest absolute Gasteiger partial charge is 0.507 e. The molecule has 2 aromatic carbocycles. The van der Waals surface area contributed by atoms with Crippen LogP contribution in [0, 0.1) is 5.92 Å². The molecule has 4 fully saturated rings. The minimum absolute atomic E-state index is 0.0748. The van der Waals surface area contributed by atoms with E-state index in [1.165, 1.54) is 0 Å². The van der Waals surface area contributed by atoms with Crippen LogP contribution in [0.2, 0.25) is 0 Å². The number of carbonyl (C=O) groups excluding carboxylic acids is 4. The number of fused-ring (bicyclic) bond motifs is 4. The van der Waals surface area contributed by atoms with Crippen molar-refractivity contribution in [3.05, 3.63) is 59.7 Å². The van der Waals surface area contributed by atoms with Crippen LogP contribution in [0.3, 0.4) is 0 Å². The monoisotopic (exact) mass is 749 g/mol. The zero-order valence-electron chi connectivity index (χ0n) is 30.9. The van der Waals surface area contributed by atoms with Gasteiger partial charge in [0.15, 0.2) is 5.82 Å². The molecular weight excluding hydrogens is 702 g/mol. The summed E-state index contributed by atoms with van der Waals surface area (Å²) in [5.41, 5.74) is 4.86. The van der Waals surface area contributed by atoms with Gasteiger partial charge in [-0.15, -0.1) is 10.2 Å². The Morgan fingerprint density at radius 2 is 1.69 bits per heavy atom. The lowest BCUT2D eigenvalue weighted by Crippen LogP contribution is -2.59. The van der Waals surface area contributed by atoms with Crippen LogP contribution in [-0.4, -0.2) is 131 Å². The number of nitrogens with zero attached hydrogens (tertiary/aromatic N) is 7. The van der Waals surface area contributed by atoms with Gasteiger partial charge in [-0.3, -0.25) is 19.7 Å². The zero-order chi connectivity index (χ0) is 37.6. The van der Waals surface area contributed by atoms with Crippen LogP contribution in [0.15, 0.2) is 48.5 Å². The molecule has 15 heteroatoms. The van der Waals surface area contributed by atoms with Crippen molar-refractivity contribution >= 4 is 41.0 Å². The van der Waals surface area contributed by atoms with Gasteiger partial charge in [0.2, 0.25) is 11.8 Å². The lowest BCUT2D eigenvalue weighted by molar-refractivity contribution is -0.136. The molecule has 0 radical (unpaired) electrons. The molecule has 4 saturated heterocycles. The van der Waals surface area contributed by atoms with Gasteiger partial charge < -0.3 is 39.7 Å². The van der Waals surface area contributed by atoms with E-state index in [4.69, 9.17) is 4.74 Å². The number of nitrogens with one attached hydrogen (secondary N) is 2. The number of phenols is 1. The van der Waals surface area contributed by atoms with Crippen LogP contribution in [-0.2, 0) is 20.9 Å². The number of carbonyl (C=O) groups is 4. The summed E-state index contributed by atoms with van der Waals surface area (Å²) in [5, 5.41) is 24.8. The standard InChI is InChI=1S/C40H47N9O6/c50-35-4-2-1-3-31(35)32-20-34-37(44-43-32)41-21-28-24-47(17-18-48(28)34)40(54)55-29-11-13-45(14-12-29)22-25-9-15-46(16-10-25)27-5-6-30-26(19-27)23-49(39(30)53)33-7-8-36(51)42-38(33)52/h1-6,19-20,25,28-29,33,50H,7-18,21-24H2,(H,41,44)(H,42,51,52)/t28-,33?/m0/s1. The van der Waals surface area contributed by atoms with Crippen molar-refractivity contribution in [1.82, 2.24) is 30.2 Å². The maximum Gasteiger partial charge on any atom is 0.410 e. The van der Waals surface area contributed by atoms with E-state index in [2.05, 4.69) is 41.6 Å². The Labute approximate surface area is 319 Å². The number of piperazine rings is 1. The Bertz CT molecular complexity index is 1990. The van der Waals surface area contributed by atoms with Crippen LogP contribution >= 0.6 is 0 Å². The molecule has 1 unspecified atom stereocenters. The van der Waals surface area contributed by atoms with Gasteiger partial charge in [-0.05, 0) is 80.0 Å². The highest BCUT2D eigenvalue weighted by molar-refractivity contribution is 6.05. The van der Waals surface area contributed by atoms with Gasteiger partial charge >= 0.3 is 6.09 Å². The average molecular weight is 750 g/mol. The summed E-state index contributed by atoms with van der Waals surface area (Å²) in [7, 11) is 0. The Hall–Kier alpha value is -5.44. The SMILES string of the molecule is O=C1CCC(N2Cc3cc(N4CCC(CN5CCC(OC(=O)N6CCN7c8cc(-c9ccccc9O)nnc8NC[C@H]7C6)CC5)CC4)ccc3C2=O)C(=O)N1. The number of aromatic hydroxyl groups is 1. The topological polar surface area (TPSA) is 164 Å². The van der Waals surface area contributed by atoms with E-state index in [1.54, 1.807) is 17.0 Å². The number of amides is 4. The highest BCUT2D eigenvalue weighted by Crippen LogP contribution is 2.37. The van der Waals surface area contributed by atoms with E-state index in [-0.39, 0.29) is 48.1 Å². The number of piperidine rings is 3. The van der Waals surface area contributed by atoms with Crippen LogP contribution in [0.25, 0.3) is 11.3 Å². The molecular formula is C40H47N9O6. The van der Waals surface area contributed by atoms with Gasteiger partial charge in [0.25, 0.3) is 5.91 Å². The molecule has 0 bridgehead atoms. The zero-order valence-corrected chi connectivity index (χ0v) is 30.9. The third-order valence-corrected chi connectivity index (χ3v) is 12.3. The first-order valence-corrected chi connectivity index (χ1v) is 19.6. The predicted molar refractivity (Wildman–Crippen MR) is 204 cm³/mol. The maximum atomic E-state index is 13.4. The lowest BCUT2D eigenvalue weighted by atomic mass is 9.94. The molecule has 15 nitrogen and oxygen atoms in total. The quantitative estimate of drug-likeness (QED) is 0.317. The minimum atomic E-state index is -0.603. The van der Waals surface area contributed by atoms with Crippen LogP contribution in [0.4, 0.5) is 22.0 Å². The number of anilines is 3. The van der Waals surface area contributed by atoms with Crippen LogP contribution in [0.5, 0.6) is 5.75 Å². The molecule has 2 atom stereocenters. The first kappa shape index (κ1) is 35.3. The van der Waals surface area contributed by atoms with Crippen molar-refractivity contribution in [2.75, 3.05) is 74.0 Å². The summed E-state index contributed by atoms with van der Waals surface area (Å²) in [6.45, 7) is 7.58. The third kappa shape index (κ3) is 7.01. The van der Waals surface area contributed by atoms with Crippen molar-refractivity contribution in [2.24, 2.45) is 5.92 Å². The second-order valence-corrected chi connectivity index (χ2v) is 15.7. The summed E-state index contributed by atoms with van der Waals surface area (Å²) in [5.74, 6) is 0.660. The van der Waals surface area contributed by atoms with E-state index >= 15 is 0 Å². The Kier molecular flexibility index (Phi) is 9.40. The van der Waals surface area contributed by atoms with Crippen molar-refractivity contribution < 1.29 is 29.0 Å². The number of para-hydroxylation sites is 1. The molecule has 6 aliphatic heterocycles. The Morgan fingerprint density at radius 3 is 2.49 bits per heavy atom. The Morgan fingerprint density at radius 1 is 0.873 bits per heavy atom. The van der Waals surface area contributed by atoms with Gasteiger partial charge in [-0.2, -0.15) is 0 Å². The Balaban J connectivity index is 0.717. The molecule has 6 aliphatic rings. The minimum Gasteiger partial charge on any atom is -0.507 e. The summed E-state index contributed by atoms with van der Waals surface area (Å²) >= 11 is 0. The first-order valence-electron chi connectivity index (χ1n) is 19.6. The lowest BCUT2D eigenvalue weighted by Gasteiger charge is -2.45. The second kappa shape index (κ2) is 14.7. The number of hydrogen-bond acceptors (Lipinski definition) is 12. The highest BCUT2D eigenvalue weighted by atomic mass is 16.6. The number of hydrogen-bond donors (Lipinski definition) is 3. The van der Waals surface area contributed by atoms with E-state index in [9.17, 15) is 24.3 Å². The van der Waals surface area contributed by atoms with Crippen LogP contribution < -0.4 is 20.4 Å². The molecule has 0 saturated carbocycles. The molecule has 0 spiro atoms. The molecule has 3 N–H and O–H groups in total. The number of imide groups is 1. The number of phenolic OH excluding ortho intramolecular Hbond substituents is 1. The molecule has 0 aliphatic carbocycles. The molecule has 1 aromatic heterocycles. The van der Waals surface area contributed by atoms with E-state index in [0.29, 0.717) is 67.7 Å². The van der Waals surface area contributed by atoms with E-state index < -0.39 is 6.04 Å². The summed E-state index contributed by atoms with van der Waals surface area (Å²) in [4.78, 5) is 61.2. The van der Waals surface area contributed by atoms with Gasteiger partial charge in [0.1, 0.15) is 17.9 Å². The van der Waals surface area contributed by atoms with Gasteiger partial charge in [0.05, 0.1) is 17.4 Å². The van der Waals surface area contributed by atoms with E-state index in [0.717, 1.165) is 75.3 Å². The van der Waals surface area contributed by atoms with E-state index in [1.807, 2.05) is 35.2 Å². The molecule has 55 heavy (non-hydrogen) atoms. The number of benzene rings is 2. The van der Waals surface area contributed by atoms with Crippen molar-refractivity contribution in [3.8, 4) is 17.0 Å². The van der Waals surface area contributed by atoms with Gasteiger partial charge in [0, 0.05) is 88.7 Å². The maximum absolute atomic E-state index is 13.4. The fourth-order valence-electron chi connectivity index (χ4n) is 9.20. The summed E-state index contributed by atoms with van der Waals surface area (Å²) in [6.07, 6.45) is 4.13. The number of likely N-dealkylation sites (tertiary alicyclic amines) is 1. The number of aromatic nitrogens is 2. The molecule has 4 amide bonds. The summed E-state index contributed by atoms with van der Waals surface area (Å²) in [6, 6.07) is 14.5. The molecule has 3 aromatic rings. The number of ether oxygens (including phenoxy) is 1. The van der Waals surface area contributed by atoms with Gasteiger partial charge in [-0.25, -0.2) is 4.79 Å². The second-order valence-electron chi connectivity index (χ2n) is 15.7. The highest BCUT2D eigenvalue weighted by Gasteiger charge is 2.40. The number of rotatable bonds is 6. The molecule has 288 valence electrons. The van der Waals surface area contributed by atoms with Crippen molar-refractivity contribution in [3.63, 3.8) is 0 Å². The van der Waals surface area contributed by atoms with Crippen LogP contribution in [0.1, 0.15) is 54.4 Å². The fraction of sp³-hybridized carbons (Fsp3) is 0.500. The normalized spacial score (nSPS) is 23.5. The average Bonchev–Trinajstić information content (AvgIpc) is 3.53. The predicted octanol–water partition coefficient (Wildman–Crippen LogP) is 3.04. The molecule has 9 rings (SSSR count). The fourth-order valence-corrected chi connectivity index (χ4v) is 9.20. The smallest absolute Gasteiger partial charge is 0.410 e. The first-order chi connectivity index (χ1) is 26.8. The van der Waals surface area contributed by atoms with Gasteiger partial charge in [-0.1, -0.05) is 12.1 Å². The molecule has 7 heterocycles. The third-order valence-electron chi connectivity index (χ3n) is 12.3. The summed E-state index contributed by atoms with van der Waals surface area (Å²) < 4.78 is 6.07. The van der Waals surface area contributed by atoms with Crippen molar-refractivity contribution in [1.29, 1.82) is 0 Å². The van der Waals surface area contributed by atoms with Crippen molar-refractivity contribution in [2.45, 2.75) is 63.3 Å².